The number of halogens is 1. The van der Waals surface area contributed by atoms with Crippen LogP contribution >= 0.6 is 15.9 Å². The van der Waals surface area contributed by atoms with Gasteiger partial charge in [-0.2, -0.15) is 0 Å². The van der Waals surface area contributed by atoms with E-state index in [1.165, 1.54) is 12.1 Å². The second-order valence-corrected chi connectivity index (χ2v) is 9.02. The minimum Gasteiger partial charge on any atom is -0.488 e. The molecule has 1 N–H and O–H groups in total. The Balaban J connectivity index is 1.21. The molecule has 0 aromatic heterocycles. The molecule has 3 aliphatic rings. The van der Waals surface area contributed by atoms with Gasteiger partial charge in [-0.25, -0.2) is 9.69 Å². The van der Waals surface area contributed by atoms with Gasteiger partial charge in [-0.3, -0.25) is 14.9 Å². The Morgan fingerprint density at radius 3 is 2.32 bits per heavy atom. The Morgan fingerprint density at radius 2 is 1.57 bits per heavy atom. The number of urea groups is 1. The van der Waals surface area contributed by atoms with E-state index in [2.05, 4.69) is 21.2 Å². The summed E-state index contributed by atoms with van der Waals surface area (Å²) in [6.45, 7) is 0.544. The van der Waals surface area contributed by atoms with Gasteiger partial charge in [-0.1, -0.05) is 12.1 Å². The molecule has 3 aromatic rings. The lowest BCUT2D eigenvalue weighted by molar-refractivity contribution is -0.122. The molecule has 37 heavy (non-hydrogen) atoms. The summed E-state index contributed by atoms with van der Waals surface area (Å²) in [4.78, 5) is 39.1. The van der Waals surface area contributed by atoms with Gasteiger partial charge in [0, 0.05) is 6.07 Å². The van der Waals surface area contributed by atoms with Gasteiger partial charge >= 0.3 is 6.03 Å². The van der Waals surface area contributed by atoms with Crippen molar-refractivity contribution in [3.63, 3.8) is 0 Å². The Kier molecular flexibility index (Phi) is 5.68. The van der Waals surface area contributed by atoms with Gasteiger partial charge in [-0.15, -0.1) is 0 Å². The van der Waals surface area contributed by atoms with Crippen molar-refractivity contribution in [3.05, 3.63) is 75.8 Å². The van der Waals surface area contributed by atoms with Crippen LogP contribution in [0.1, 0.15) is 11.1 Å². The average molecular weight is 565 g/mol. The Bertz CT molecular complexity index is 1500. The molecule has 6 rings (SSSR count). The van der Waals surface area contributed by atoms with Crippen molar-refractivity contribution >= 4 is 45.5 Å². The van der Waals surface area contributed by atoms with Gasteiger partial charge in [0.1, 0.15) is 17.9 Å². The van der Waals surface area contributed by atoms with Gasteiger partial charge in [0.2, 0.25) is 13.6 Å². The Hall–Kier alpha value is -4.51. The van der Waals surface area contributed by atoms with E-state index < -0.39 is 17.8 Å². The van der Waals surface area contributed by atoms with Crippen LogP contribution in [0.15, 0.2) is 64.6 Å². The molecule has 3 heterocycles. The number of carbonyl (C=O) groups excluding carboxylic acids is 3. The summed E-state index contributed by atoms with van der Waals surface area (Å²) in [6, 6.07) is 14.5. The third-order valence-corrected chi connectivity index (χ3v) is 6.43. The number of hydrogen-bond acceptors (Lipinski definition) is 8. The molecular formula is C26H17BrN2O8. The number of anilines is 1. The molecule has 10 nitrogen and oxygen atoms in total. The zero-order valence-corrected chi connectivity index (χ0v) is 20.6. The number of imide groups is 2. The van der Waals surface area contributed by atoms with Crippen molar-refractivity contribution < 1.29 is 38.1 Å². The molecule has 0 aliphatic carbocycles. The summed E-state index contributed by atoms with van der Waals surface area (Å²) in [5.41, 5.74) is 1.51. The van der Waals surface area contributed by atoms with Crippen molar-refractivity contribution in [1.82, 2.24) is 5.32 Å². The van der Waals surface area contributed by atoms with E-state index in [0.29, 0.717) is 45.4 Å². The SMILES string of the molecule is O=C1NC(=O)N(c2ccc3c(c2)OCO3)C(=O)/C1=C/c1ccc(OCc2ccc3c(c2)OCO3)c(Br)c1. The van der Waals surface area contributed by atoms with Crippen molar-refractivity contribution in [1.29, 1.82) is 0 Å². The van der Waals surface area contributed by atoms with Gasteiger partial charge in [-0.05, 0) is 69.5 Å². The van der Waals surface area contributed by atoms with E-state index in [4.69, 9.17) is 23.7 Å². The smallest absolute Gasteiger partial charge is 0.335 e. The molecule has 11 heteroatoms. The van der Waals surface area contributed by atoms with Crippen LogP contribution in [0.3, 0.4) is 0 Å². The van der Waals surface area contributed by atoms with Crippen LogP contribution in [0, 0.1) is 0 Å². The van der Waals surface area contributed by atoms with Gasteiger partial charge in [0.25, 0.3) is 11.8 Å². The molecule has 4 amide bonds. The number of fused-ring (bicyclic) bond motifs is 2. The fourth-order valence-corrected chi connectivity index (χ4v) is 4.51. The molecule has 0 spiro atoms. The lowest BCUT2D eigenvalue weighted by atomic mass is 10.1. The molecule has 0 unspecified atom stereocenters. The molecule has 1 saturated heterocycles. The van der Waals surface area contributed by atoms with E-state index in [1.54, 1.807) is 30.3 Å². The van der Waals surface area contributed by atoms with Gasteiger partial charge in [0.05, 0.1) is 10.2 Å². The lowest BCUT2D eigenvalue weighted by Crippen LogP contribution is -2.54. The molecular weight excluding hydrogens is 548 g/mol. The highest BCUT2D eigenvalue weighted by Gasteiger charge is 2.37. The number of benzene rings is 3. The van der Waals surface area contributed by atoms with E-state index in [-0.39, 0.29) is 24.8 Å². The van der Waals surface area contributed by atoms with E-state index in [9.17, 15) is 14.4 Å². The molecule has 0 bridgehead atoms. The van der Waals surface area contributed by atoms with E-state index in [1.807, 2.05) is 18.2 Å². The first-order valence-electron chi connectivity index (χ1n) is 11.1. The van der Waals surface area contributed by atoms with Crippen LogP contribution in [0.25, 0.3) is 6.08 Å². The number of carbonyl (C=O) groups is 3. The summed E-state index contributed by atoms with van der Waals surface area (Å²) in [7, 11) is 0. The highest BCUT2D eigenvalue weighted by atomic mass is 79.9. The zero-order valence-electron chi connectivity index (χ0n) is 19.0. The maximum absolute atomic E-state index is 13.2. The van der Waals surface area contributed by atoms with Gasteiger partial charge in [0.15, 0.2) is 23.0 Å². The Morgan fingerprint density at radius 1 is 0.865 bits per heavy atom. The number of nitrogens with one attached hydrogen (secondary N) is 1. The standard InChI is InChI=1S/C26H17BrN2O8/c27-18-8-14(1-4-19(18)33-11-15-2-5-20-22(9-15)36-12-34-20)7-17-24(30)28-26(32)29(25(17)31)16-3-6-21-23(10-16)37-13-35-21/h1-10H,11-13H2,(H,28,30,32)/b17-7+. The van der Waals surface area contributed by atoms with Crippen LogP contribution in [0.5, 0.6) is 28.7 Å². The number of hydrogen-bond donors (Lipinski definition) is 1. The summed E-state index contributed by atoms with van der Waals surface area (Å²) in [5, 5.41) is 2.21. The van der Waals surface area contributed by atoms with Crippen LogP contribution in [0.2, 0.25) is 0 Å². The zero-order chi connectivity index (χ0) is 25.5. The lowest BCUT2D eigenvalue weighted by Gasteiger charge is -2.26. The van der Waals surface area contributed by atoms with Crippen molar-refractivity contribution in [2.45, 2.75) is 6.61 Å². The van der Waals surface area contributed by atoms with Crippen LogP contribution < -0.4 is 33.9 Å². The van der Waals surface area contributed by atoms with E-state index in [0.717, 1.165) is 10.5 Å². The number of amides is 4. The summed E-state index contributed by atoms with van der Waals surface area (Å²) in [5.74, 6) is 1.30. The highest BCUT2D eigenvalue weighted by molar-refractivity contribution is 9.10. The molecule has 0 saturated carbocycles. The van der Waals surface area contributed by atoms with Crippen LogP contribution in [-0.2, 0) is 16.2 Å². The predicted molar refractivity (Wildman–Crippen MR) is 133 cm³/mol. The number of nitrogens with zero attached hydrogens (tertiary/aromatic N) is 1. The van der Waals surface area contributed by atoms with Gasteiger partial charge < -0.3 is 23.7 Å². The average Bonchev–Trinajstić information content (AvgIpc) is 3.54. The molecule has 1 fully saturated rings. The topological polar surface area (TPSA) is 113 Å². The van der Waals surface area contributed by atoms with Crippen molar-refractivity contribution in [3.8, 4) is 28.7 Å². The minimum absolute atomic E-state index is 0.0495. The summed E-state index contributed by atoms with van der Waals surface area (Å²) in [6.07, 6.45) is 1.41. The minimum atomic E-state index is -0.848. The molecule has 3 aliphatic heterocycles. The molecule has 3 aromatic carbocycles. The molecule has 0 atom stereocenters. The fraction of sp³-hybridized carbons (Fsp3) is 0.115. The number of rotatable bonds is 5. The fourth-order valence-electron chi connectivity index (χ4n) is 4.00. The second kappa shape index (κ2) is 9.17. The van der Waals surface area contributed by atoms with Crippen molar-refractivity contribution in [2.24, 2.45) is 0 Å². The first kappa shape index (κ1) is 22.9. The molecule has 186 valence electrons. The number of ether oxygens (including phenoxy) is 5. The van der Waals surface area contributed by atoms with Crippen molar-refractivity contribution in [2.75, 3.05) is 18.5 Å². The third-order valence-electron chi connectivity index (χ3n) is 5.81. The maximum atomic E-state index is 13.2. The first-order valence-corrected chi connectivity index (χ1v) is 11.9. The normalized spacial score (nSPS) is 16.8. The second-order valence-electron chi connectivity index (χ2n) is 8.16. The quantitative estimate of drug-likeness (QED) is 0.363. The monoisotopic (exact) mass is 564 g/mol. The first-order chi connectivity index (χ1) is 18.0. The highest BCUT2D eigenvalue weighted by Crippen LogP contribution is 2.37. The predicted octanol–water partition coefficient (Wildman–Crippen LogP) is 4.15. The van der Waals surface area contributed by atoms with Crippen LogP contribution in [0.4, 0.5) is 10.5 Å². The molecule has 0 radical (unpaired) electrons. The number of barbiturate groups is 1. The van der Waals surface area contributed by atoms with Crippen LogP contribution in [-0.4, -0.2) is 31.4 Å². The van der Waals surface area contributed by atoms with E-state index >= 15 is 0 Å². The summed E-state index contributed by atoms with van der Waals surface area (Å²) < 4.78 is 27.9. The Labute approximate surface area is 218 Å². The largest absolute Gasteiger partial charge is 0.488 e. The summed E-state index contributed by atoms with van der Waals surface area (Å²) >= 11 is 3.48. The maximum Gasteiger partial charge on any atom is 0.335 e. The third kappa shape index (κ3) is 4.33.